The van der Waals surface area contributed by atoms with E-state index in [2.05, 4.69) is 53.4 Å². The highest BCUT2D eigenvalue weighted by atomic mass is 16.5. The van der Waals surface area contributed by atoms with Crippen LogP contribution in [-0.2, 0) is 14.3 Å². The Balaban J connectivity index is 1.57. The number of hydrogen-bond acceptors (Lipinski definition) is 4. The summed E-state index contributed by atoms with van der Waals surface area (Å²) in [5, 5.41) is 2.60. The first-order valence-electron chi connectivity index (χ1n) is 15.1. The molecule has 6 nitrogen and oxygen atoms in total. The van der Waals surface area contributed by atoms with Crippen LogP contribution in [0.5, 0.6) is 0 Å². The second-order valence-electron chi connectivity index (χ2n) is 15.2. The van der Waals surface area contributed by atoms with Crippen LogP contribution in [-0.4, -0.2) is 24.9 Å². The predicted octanol–water partition coefficient (Wildman–Crippen LogP) is 6.55. The third-order valence-corrected chi connectivity index (χ3v) is 13.6. The highest BCUT2D eigenvalue weighted by molar-refractivity contribution is 6.01. The van der Waals surface area contributed by atoms with Gasteiger partial charge in [-0.15, -0.1) is 0 Å². The van der Waals surface area contributed by atoms with Gasteiger partial charge in [0, 0.05) is 17.2 Å². The number of hydrogen-bond donors (Lipinski definition) is 2. The van der Waals surface area contributed by atoms with E-state index in [0.717, 1.165) is 51.4 Å². The molecule has 3 N–H and O–H groups in total. The first-order valence-corrected chi connectivity index (χ1v) is 15.1. The summed E-state index contributed by atoms with van der Waals surface area (Å²) in [7, 11) is 1.56. The molecular weight excluding hydrogens is 488 g/mol. The number of ether oxygens (including phenoxy) is 1. The highest BCUT2D eigenvalue weighted by Crippen LogP contribution is 2.77. The topological polar surface area (TPSA) is 98.5 Å². The molecule has 2 amide bonds. The fourth-order valence-corrected chi connectivity index (χ4v) is 11.8. The molecule has 0 spiro atoms. The molecule has 0 aliphatic heterocycles. The van der Waals surface area contributed by atoms with Gasteiger partial charge in [0.1, 0.15) is 0 Å². The highest BCUT2D eigenvalue weighted by Gasteiger charge is 2.72. The number of carbonyl (C=O) groups excluding carboxylic acids is 3. The first-order chi connectivity index (χ1) is 18.1. The number of fused-ring (bicyclic) bond motifs is 7. The molecule has 0 aromatic rings. The van der Waals surface area contributed by atoms with E-state index in [-0.39, 0.29) is 45.2 Å². The van der Waals surface area contributed by atoms with Gasteiger partial charge < -0.3 is 15.8 Å². The Morgan fingerprint density at radius 1 is 0.974 bits per heavy atom. The third-order valence-electron chi connectivity index (χ3n) is 13.6. The fraction of sp³-hybridized carbons (Fsp3) is 0.788. The smallest absolute Gasteiger partial charge is 0.316 e. The maximum absolute atomic E-state index is 13.6. The van der Waals surface area contributed by atoms with Crippen LogP contribution in [0.4, 0.5) is 4.79 Å². The third kappa shape index (κ3) is 3.61. The van der Waals surface area contributed by atoms with Crippen LogP contribution in [0.25, 0.3) is 0 Å². The van der Waals surface area contributed by atoms with Crippen LogP contribution in [0.2, 0.25) is 0 Å². The molecule has 39 heavy (non-hydrogen) atoms. The van der Waals surface area contributed by atoms with Crippen molar-refractivity contribution in [3.63, 3.8) is 0 Å². The zero-order valence-corrected chi connectivity index (χ0v) is 25.2. The van der Waals surface area contributed by atoms with Crippen molar-refractivity contribution < 1.29 is 19.1 Å². The molecule has 5 aliphatic carbocycles. The van der Waals surface area contributed by atoms with Crippen molar-refractivity contribution in [3.8, 4) is 0 Å². The van der Waals surface area contributed by atoms with E-state index < -0.39 is 11.4 Å². The lowest BCUT2D eigenvalue weighted by Crippen LogP contribution is -2.67. The molecule has 6 unspecified atom stereocenters. The van der Waals surface area contributed by atoms with Crippen molar-refractivity contribution in [3.05, 3.63) is 23.9 Å². The summed E-state index contributed by atoms with van der Waals surface area (Å²) in [6.45, 7) is 18.3. The molecule has 216 valence electrons. The average molecular weight is 539 g/mol. The normalized spacial score (nSPS) is 47.3. The van der Waals surface area contributed by atoms with Crippen molar-refractivity contribution in [1.82, 2.24) is 5.32 Å². The summed E-state index contributed by atoms with van der Waals surface area (Å²) in [5.74, 6) is 1.95. The predicted molar refractivity (Wildman–Crippen MR) is 152 cm³/mol. The molecule has 5 aliphatic rings. The molecule has 6 heteroatoms. The molecule has 5 fully saturated rings. The first kappa shape index (κ1) is 28.4. The Bertz CT molecular complexity index is 1140. The van der Waals surface area contributed by atoms with Crippen molar-refractivity contribution in [1.29, 1.82) is 0 Å². The number of Topliss-reactive ketones (excluding diaryl/α,β-unsaturated/α-hetero) is 1. The van der Waals surface area contributed by atoms with Gasteiger partial charge in [0.15, 0.2) is 5.78 Å². The van der Waals surface area contributed by atoms with E-state index in [1.807, 2.05) is 0 Å². The van der Waals surface area contributed by atoms with Crippen molar-refractivity contribution in [2.75, 3.05) is 7.11 Å². The van der Waals surface area contributed by atoms with Crippen molar-refractivity contribution in [2.45, 2.75) is 99.3 Å². The summed E-state index contributed by atoms with van der Waals surface area (Å²) < 4.78 is 5.49. The summed E-state index contributed by atoms with van der Waals surface area (Å²) in [6, 6.07) is -0.637. The van der Waals surface area contributed by atoms with Gasteiger partial charge in [-0.05, 0) is 111 Å². The molecule has 0 aromatic heterocycles. The van der Waals surface area contributed by atoms with Crippen LogP contribution in [0, 0.1) is 56.7 Å². The number of carbonyl (C=O) groups is 3. The molecule has 5 rings (SSSR count). The summed E-state index contributed by atoms with van der Waals surface area (Å²) in [6.07, 6.45) is 10.4. The van der Waals surface area contributed by atoms with Crippen LogP contribution in [0.15, 0.2) is 23.9 Å². The standard InChI is InChI=1S/C33H50N2O4/c1-19(2)21-11-14-33(27(37)39-8)16-15-31(6)22(25(21)33)9-10-24-30(5)17-20(18-35-28(34)38)26(36)29(3,4)23(30)12-13-32(24,31)7/h18,21-25H,1,9-17H2,2-8H3,(H3,34,35,38)/b20-18+/t21?,22?,23?,24?,25?,30-,31+,32+,33?/m0/s1. The zero-order valence-electron chi connectivity index (χ0n) is 25.2. The molecular formula is C33H50N2O4. The SMILES string of the molecule is C=C(C)C1CCC2(C(=O)OC)CC[C@]3(C)C(CCC4[C@@]5(C)C/C(=C\NC(N)=O)C(=O)C(C)(C)C5CC[C@]43C)C12. The van der Waals surface area contributed by atoms with E-state index >= 15 is 0 Å². The largest absolute Gasteiger partial charge is 0.469 e. The molecule has 0 bridgehead atoms. The number of primary amides is 1. The number of methoxy groups -OCH3 is 1. The van der Waals surface area contributed by atoms with Gasteiger partial charge in [0.2, 0.25) is 0 Å². The van der Waals surface area contributed by atoms with Gasteiger partial charge in [-0.25, -0.2) is 4.79 Å². The minimum atomic E-state index is -0.637. The van der Waals surface area contributed by atoms with E-state index in [1.54, 1.807) is 13.3 Å². The van der Waals surface area contributed by atoms with Crippen LogP contribution in [0.1, 0.15) is 99.3 Å². The molecule has 5 saturated carbocycles. The van der Waals surface area contributed by atoms with Gasteiger partial charge in [0.25, 0.3) is 0 Å². The van der Waals surface area contributed by atoms with E-state index in [9.17, 15) is 14.4 Å². The van der Waals surface area contributed by atoms with E-state index in [4.69, 9.17) is 10.5 Å². The number of nitrogens with one attached hydrogen (secondary N) is 1. The van der Waals surface area contributed by atoms with Gasteiger partial charge in [0.05, 0.1) is 12.5 Å². The Morgan fingerprint density at radius 3 is 2.28 bits per heavy atom. The maximum atomic E-state index is 13.6. The molecule has 0 radical (unpaired) electrons. The molecule has 9 atom stereocenters. The quantitative estimate of drug-likeness (QED) is 0.242. The number of allylic oxidation sites excluding steroid dienone is 2. The number of ketones is 1. The summed E-state index contributed by atoms with van der Waals surface area (Å²) >= 11 is 0. The maximum Gasteiger partial charge on any atom is 0.316 e. The monoisotopic (exact) mass is 538 g/mol. The lowest BCUT2D eigenvalue weighted by molar-refractivity contribution is -0.232. The summed E-state index contributed by atoms with van der Waals surface area (Å²) in [4.78, 5) is 38.6. The second-order valence-corrected chi connectivity index (χ2v) is 15.2. The van der Waals surface area contributed by atoms with Crippen LogP contribution < -0.4 is 11.1 Å². The fourth-order valence-electron chi connectivity index (χ4n) is 11.8. The van der Waals surface area contributed by atoms with Crippen molar-refractivity contribution in [2.24, 2.45) is 62.4 Å². The minimum absolute atomic E-state index is 0.00878. The average Bonchev–Trinajstić information content (AvgIpc) is 3.26. The van der Waals surface area contributed by atoms with Crippen LogP contribution in [0.3, 0.4) is 0 Å². The number of amides is 2. The Labute approximate surface area is 234 Å². The Hall–Kier alpha value is -2.11. The zero-order chi connectivity index (χ0) is 28.8. The number of nitrogens with two attached hydrogens (primary N) is 1. The van der Waals surface area contributed by atoms with Crippen LogP contribution >= 0.6 is 0 Å². The molecule has 0 heterocycles. The number of urea groups is 1. The Morgan fingerprint density at radius 2 is 1.67 bits per heavy atom. The van der Waals surface area contributed by atoms with Gasteiger partial charge in [-0.2, -0.15) is 0 Å². The molecule has 0 saturated heterocycles. The van der Waals surface area contributed by atoms with Gasteiger partial charge in [-0.1, -0.05) is 46.8 Å². The minimum Gasteiger partial charge on any atom is -0.469 e. The van der Waals surface area contributed by atoms with Gasteiger partial charge in [-0.3, -0.25) is 9.59 Å². The number of rotatable bonds is 3. The lowest BCUT2D eigenvalue weighted by Gasteiger charge is -2.72. The number of esters is 1. The Kier molecular flexibility index (Phi) is 6.52. The molecule has 0 aromatic carbocycles. The summed E-state index contributed by atoms with van der Waals surface area (Å²) in [5.41, 5.74) is 6.51. The second kappa shape index (κ2) is 8.94. The van der Waals surface area contributed by atoms with Gasteiger partial charge >= 0.3 is 12.0 Å². The lowest BCUT2D eigenvalue weighted by atomic mass is 9.32. The van der Waals surface area contributed by atoms with E-state index in [1.165, 1.54) is 5.57 Å². The van der Waals surface area contributed by atoms with Crippen molar-refractivity contribution >= 4 is 17.8 Å². The van der Waals surface area contributed by atoms with E-state index in [0.29, 0.717) is 29.7 Å².